The summed E-state index contributed by atoms with van der Waals surface area (Å²) in [6, 6.07) is 11.3. The number of benzene rings is 1. The Hall–Kier alpha value is -2.68. The zero-order chi connectivity index (χ0) is 17.8. The summed E-state index contributed by atoms with van der Waals surface area (Å²) in [5, 5.41) is 0.955. The molecule has 0 amide bonds. The lowest BCUT2D eigenvalue weighted by Gasteiger charge is -2.05. The Labute approximate surface area is 133 Å². The molecule has 22 heavy (non-hydrogen) atoms. The minimum absolute atomic E-state index is 0.315. The largest absolute Gasteiger partial charge is 0.453 e. The van der Waals surface area contributed by atoms with E-state index in [1.807, 2.05) is 48.9 Å². The summed E-state index contributed by atoms with van der Waals surface area (Å²) in [6.07, 6.45) is 3.41. The molecule has 0 saturated carbocycles. The minimum Gasteiger partial charge on any atom is -0.453 e. The molecule has 0 spiro atoms. The molecule has 3 heteroatoms. The lowest BCUT2D eigenvalue weighted by molar-refractivity contribution is -0.660. The zero-order valence-corrected chi connectivity index (χ0v) is 12.4. The van der Waals surface area contributed by atoms with Gasteiger partial charge in [0.1, 0.15) is 12.6 Å². The fourth-order valence-corrected chi connectivity index (χ4v) is 2.94. The van der Waals surface area contributed by atoms with E-state index in [1.54, 1.807) is 18.5 Å². The standard InChI is InChI=1S/C19H17N2O/c1-12-6-9-15(21(3)11-12)17-13(2)7-8-14-18-16(22-19(14)17)5-4-10-20-18/h4-11H,1-3H3/q+1/i1D3. The molecule has 0 aliphatic rings. The Morgan fingerprint density at radius 3 is 2.91 bits per heavy atom. The maximum Gasteiger partial charge on any atom is 0.216 e. The Morgan fingerprint density at radius 1 is 1.18 bits per heavy atom. The third kappa shape index (κ3) is 1.82. The highest BCUT2D eigenvalue weighted by molar-refractivity contribution is 6.07. The van der Waals surface area contributed by atoms with Gasteiger partial charge in [-0.05, 0) is 43.6 Å². The fourth-order valence-electron chi connectivity index (χ4n) is 2.94. The van der Waals surface area contributed by atoms with E-state index in [0.717, 1.165) is 38.9 Å². The normalized spacial score (nSPS) is 14.0. The van der Waals surface area contributed by atoms with Gasteiger partial charge in [-0.1, -0.05) is 6.07 Å². The van der Waals surface area contributed by atoms with E-state index in [4.69, 9.17) is 8.53 Å². The second kappa shape index (κ2) is 4.67. The van der Waals surface area contributed by atoms with Crippen molar-refractivity contribution >= 4 is 22.1 Å². The Balaban J connectivity index is 2.02. The molecule has 0 unspecified atom stereocenters. The molecule has 0 N–H and O–H groups in total. The summed E-state index contributed by atoms with van der Waals surface area (Å²) in [5.74, 6) is 0. The molecule has 3 aromatic heterocycles. The molecule has 4 aromatic rings. The van der Waals surface area contributed by atoms with Gasteiger partial charge in [0.2, 0.25) is 5.69 Å². The molecule has 0 radical (unpaired) electrons. The molecule has 3 nitrogen and oxygen atoms in total. The maximum atomic E-state index is 7.58. The van der Waals surface area contributed by atoms with Gasteiger partial charge in [0.25, 0.3) is 0 Å². The van der Waals surface area contributed by atoms with Crippen LogP contribution in [0.3, 0.4) is 0 Å². The highest BCUT2D eigenvalue weighted by atomic mass is 16.3. The van der Waals surface area contributed by atoms with Crippen molar-refractivity contribution in [3.8, 4) is 11.3 Å². The van der Waals surface area contributed by atoms with Crippen LogP contribution in [-0.2, 0) is 7.05 Å². The van der Waals surface area contributed by atoms with E-state index in [0.29, 0.717) is 5.56 Å². The van der Waals surface area contributed by atoms with Crippen molar-refractivity contribution in [3.63, 3.8) is 0 Å². The first-order chi connectivity index (χ1) is 11.9. The van der Waals surface area contributed by atoms with Crippen LogP contribution in [0.4, 0.5) is 0 Å². The van der Waals surface area contributed by atoms with Crippen molar-refractivity contribution in [1.82, 2.24) is 4.98 Å². The van der Waals surface area contributed by atoms with Gasteiger partial charge in [-0.3, -0.25) is 4.98 Å². The van der Waals surface area contributed by atoms with E-state index in [-0.39, 0.29) is 0 Å². The maximum absolute atomic E-state index is 7.58. The summed E-state index contributed by atoms with van der Waals surface area (Å²) in [5.41, 5.74) is 5.57. The Kier molecular flexibility index (Phi) is 2.15. The lowest BCUT2D eigenvalue weighted by Crippen LogP contribution is -2.31. The average Bonchev–Trinajstić information content (AvgIpc) is 2.93. The van der Waals surface area contributed by atoms with Crippen LogP contribution >= 0.6 is 0 Å². The van der Waals surface area contributed by atoms with E-state index in [1.165, 1.54) is 0 Å². The molecular formula is C19H17N2O+. The molecule has 4 rings (SSSR count). The predicted molar refractivity (Wildman–Crippen MR) is 87.6 cm³/mol. The number of fused-ring (bicyclic) bond motifs is 3. The number of hydrogen-bond acceptors (Lipinski definition) is 2. The van der Waals surface area contributed by atoms with Crippen LogP contribution in [0.15, 0.2) is 53.2 Å². The van der Waals surface area contributed by atoms with E-state index >= 15 is 0 Å². The minimum atomic E-state index is -2.12. The van der Waals surface area contributed by atoms with Crippen molar-refractivity contribution in [2.75, 3.05) is 0 Å². The number of pyridine rings is 2. The molecule has 0 aliphatic heterocycles. The first kappa shape index (κ1) is 10.1. The van der Waals surface area contributed by atoms with Crippen molar-refractivity contribution in [3.05, 3.63) is 59.9 Å². The first-order valence-electron chi connectivity index (χ1n) is 8.63. The summed E-state index contributed by atoms with van der Waals surface area (Å²) in [4.78, 5) is 4.43. The molecule has 0 aliphatic carbocycles. The van der Waals surface area contributed by atoms with E-state index < -0.39 is 6.85 Å². The van der Waals surface area contributed by atoms with E-state index in [2.05, 4.69) is 4.98 Å². The van der Waals surface area contributed by atoms with Gasteiger partial charge in [0.15, 0.2) is 17.4 Å². The van der Waals surface area contributed by atoms with Gasteiger partial charge in [-0.2, -0.15) is 0 Å². The van der Waals surface area contributed by atoms with Crippen molar-refractivity contribution in [2.45, 2.75) is 13.8 Å². The summed E-state index contributed by atoms with van der Waals surface area (Å²) >= 11 is 0. The van der Waals surface area contributed by atoms with Crippen molar-refractivity contribution in [2.24, 2.45) is 7.05 Å². The van der Waals surface area contributed by atoms with Crippen LogP contribution in [0, 0.1) is 13.8 Å². The quantitative estimate of drug-likeness (QED) is 0.495. The number of furan rings is 1. The first-order valence-corrected chi connectivity index (χ1v) is 7.13. The lowest BCUT2D eigenvalue weighted by atomic mass is 10.0. The molecule has 1 aromatic carbocycles. The highest BCUT2D eigenvalue weighted by Crippen LogP contribution is 2.35. The fraction of sp³-hybridized carbons (Fsp3) is 0.158. The topological polar surface area (TPSA) is 29.9 Å². The van der Waals surface area contributed by atoms with Crippen LogP contribution in [0.25, 0.3) is 33.3 Å². The predicted octanol–water partition coefficient (Wildman–Crippen LogP) is 4.09. The van der Waals surface area contributed by atoms with Crippen LogP contribution < -0.4 is 4.57 Å². The SMILES string of the molecule is [2H]C([2H])([2H])c1ccc(-c2c(C)ccc3c2oc2cccnc23)[n+](C)c1. The number of aryl methyl sites for hydroxylation is 3. The second-order valence-electron chi connectivity index (χ2n) is 5.50. The van der Waals surface area contributed by atoms with Crippen LogP contribution in [0.1, 0.15) is 15.2 Å². The van der Waals surface area contributed by atoms with Crippen LogP contribution in [0.2, 0.25) is 0 Å². The summed E-state index contributed by atoms with van der Waals surface area (Å²) in [6.45, 7) is -0.103. The number of nitrogens with zero attached hydrogens (tertiary/aromatic N) is 2. The van der Waals surface area contributed by atoms with Gasteiger partial charge < -0.3 is 4.42 Å². The third-order valence-electron chi connectivity index (χ3n) is 3.99. The van der Waals surface area contributed by atoms with Gasteiger partial charge in [0, 0.05) is 27.3 Å². The number of hydrogen-bond donors (Lipinski definition) is 0. The molecule has 0 fully saturated rings. The van der Waals surface area contributed by atoms with Crippen molar-refractivity contribution < 1.29 is 13.1 Å². The molecule has 3 heterocycles. The smallest absolute Gasteiger partial charge is 0.216 e. The molecule has 0 bridgehead atoms. The Morgan fingerprint density at radius 2 is 2.09 bits per heavy atom. The summed E-state index contributed by atoms with van der Waals surface area (Å²) < 4.78 is 30.7. The van der Waals surface area contributed by atoms with Gasteiger partial charge in [-0.25, -0.2) is 4.57 Å². The van der Waals surface area contributed by atoms with Gasteiger partial charge in [0.05, 0.1) is 5.56 Å². The van der Waals surface area contributed by atoms with Crippen LogP contribution in [0.5, 0.6) is 0 Å². The second-order valence-corrected chi connectivity index (χ2v) is 5.50. The molecule has 0 saturated heterocycles. The van der Waals surface area contributed by atoms with Gasteiger partial charge in [-0.15, -0.1) is 0 Å². The summed E-state index contributed by atoms with van der Waals surface area (Å²) in [7, 11) is 1.85. The number of rotatable bonds is 1. The molecule has 108 valence electrons. The van der Waals surface area contributed by atoms with Gasteiger partial charge >= 0.3 is 0 Å². The Bertz CT molecular complexity index is 1110. The molecule has 0 atom stereocenters. The monoisotopic (exact) mass is 292 g/mol. The van der Waals surface area contributed by atoms with Crippen molar-refractivity contribution in [1.29, 1.82) is 0 Å². The third-order valence-corrected chi connectivity index (χ3v) is 3.99. The van der Waals surface area contributed by atoms with E-state index in [9.17, 15) is 0 Å². The molecular weight excluding hydrogens is 272 g/mol. The number of aromatic nitrogens is 2. The average molecular weight is 292 g/mol. The zero-order valence-electron chi connectivity index (χ0n) is 15.4. The van der Waals surface area contributed by atoms with Crippen LogP contribution in [-0.4, -0.2) is 4.98 Å². The highest BCUT2D eigenvalue weighted by Gasteiger charge is 2.20.